The largest absolute Gasteiger partial charge is 0.373 e. The maximum absolute atomic E-state index is 6.38. The molecule has 0 spiro atoms. The summed E-state index contributed by atoms with van der Waals surface area (Å²) in [6.07, 6.45) is 4.24. The van der Waals surface area contributed by atoms with Gasteiger partial charge in [0, 0.05) is 0 Å². The summed E-state index contributed by atoms with van der Waals surface area (Å²) >= 11 is 6.38. The van der Waals surface area contributed by atoms with Crippen molar-refractivity contribution in [2.45, 2.75) is 56.7 Å². The maximum Gasteiger partial charge on any atom is 0.128 e. The zero-order valence-electron chi connectivity index (χ0n) is 11.8. The van der Waals surface area contributed by atoms with Gasteiger partial charge in [0.25, 0.3) is 0 Å². The molecule has 20 heavy (non-hydrogen) atoms. The van der Waals surface area contributed by atoms with Gasteiger partial charge in [0.2, 0.25) is 0 Å². The van der Waals surface area contributed by atoms with Crippen molar-refractivity contribution < 1.29 is 4.74 Å². The predicted molar refractivity (Wildman–Crippen MR) is 80.3 cm³/mol. The number of aromatic nitrogens is 2. The Morgan fingerprint density at radius 1 is 1.40 bits per heavy atom. The summed E-state index contributed by atoms with van der Waals surface area (Å²) in [6.45, 7) is 4.12. The molecule has 2 fully saturated rings. The Balaban J connectivity index is 1.91. The van der Waals surface area contributed by atoms with Crippen LogP contribution in [0.2, 0.25) is 0 Å². The van der Waals surface area contributed by atoms with Gasteiger partial charge >= 0.3 is 0 Å². The molecule has 1 aromatic carbocycles. The molecule has 2 aromatic rings. The Bertz CT molecular complexity index is 664. The highest BCUT2D eigenvalue weighted by Crippen LogP contribution is 2.44. The van der Waals surface area contributed by atoms with E-state index in [0.717, 1.165) is 24.2 Å². The summed E-state index contributed by atoms with van der Waals surface area (Å²) in [4.78, 5) is 4.76. The van der Waals surface area contributed by atoms with Crippen LogP contribution in [0.15, 0.2) is 18.2 Å². The number of halogens is 1. The van der Waals surface area contributed by atoms with Gasteiger partial charge in [-0.05, 0) is 50.8 Å². The van der Waals surface area contributed by atoms with Crippen molar-refractivity contribution in [2.24, 2.45) is 0 Å². The maximum atomic E-state index is 6.38. The van der Waals surface area contributed by atoms with Gasteiger partial charge < -0.3 is 9.30 Å². The number of fused-ring (bicyclic) bond motifs is 3. The molecule has 4 heteroatoms. The molecule has 0 N–H and O–H groups in total. The van der Waals surface area contributed by atoms with Crippen molar-refractivity contribution >= 4 is 22.6 Å². The molecule has 0 aliphatic carbocycles. The number of nitrogens with zero attached hydrogens (tertiary/aromatic N) is 2. The Hall–Kier alpha value is -1.06. The standard InChI is InChI=1S/C16H19ClN2O/c1-9-3-5-12-13(7-9)19(16(18-12)10(2)17)14-8-11-4-6-15(14)20-11/h3,5,7,10-11,14-15H,4,6,8H2,1-2H3. The third-order valence-corrected chi connectivity index (χ3v) is 4.83. The topological polar surface area (TPSA) is 27.1 Å². The van der Waals surface area contributed by atoms with E-state index in [9.17, 15) is 0 Å². The van der Waals surface area contributed by atoms with E-state index in [-0.39, 0.29) is 5.38 Å². The van der Waals surface area contributed by atoms with Gasteiger partial charge in [-0.25, -0.2) is 4.98 Å². The molecule has 0 saturated carbocycles. The van der Waals surface area contributed by atoms with Crippen LogP contribution in [0, 0.1) is 6.92 Å². The van der Waals surface area contributed by atoms with E-state index in [1.54, 1.807) is 0 Å². The highest BCUT2D eigenvalue weighted by molar-refractivity contribution is 6.20. The van der Waals surface area contributed by atoms with Crippen LogP contribution in [0.25, 0.3) is 11.0 Å². The minimum Gasteiger partial charge on any atom is -0.373 e. The zero-order valence-corrected chi connectivity index (χ0v) is 12.6. The summed E-state index contributed by atoms with van der Waals surface area (Å²) in [5.41, 5.74) is 3.51. The van der Waals surface area contributed by atoms with Gasteiger partial charge in [0.1, 0.15) is 5.82 Å². The van der Waals surface area contributed by atoms with Gasteiger partial charge in [-0.3, -0.25) is 0 Å². The lowest BCUT2D eigenvalue weighted by Crippen LogP contribution is -2.22. The van der Waals surface area contributed by atoms with E-state index in [2.05, 4.69) is 29.7 Å². The van der Waals surface area contributed by atoms with E-state index in [0.29, 0.717) is 18.2 Å². The normalized spacial score (nSPS) is 30.2. The van der Waals surface area contributed by atoms with E-state index >= 15 is 0 Å². The molecular formula is C16H19ClN2O. The second kappa shape index (κ2) is 4.47. The summed E-state index contributed by atoms with van der Waals surface area (Å²) in [6, 6.07) is 6.83. The fourth-order valence-electron chi connectivity index (χ4n) is 3.73. The molecule has 2 aliphatic rings. The van der Waals surface area contributed by atoms with E-state index in [4.69, 9.17) is 21.3 Å². The molecule has 4 atom stereocenters. The Kier molecular flexibility index (Phi) is 2.83. The van der Waals surface area contributed by atoms with Crippen LogP contribution in [0.5, 0.6) is 0 Å². The van der Waals surface area contributed by atoms with Gasteiger partial charge in [-0.1, -0.05) is 6.07 Å². The number of hydrogen-bond acceptors (Lipinski definition) is 2. The molecule has 0 amide bonds. The fourth-order valence-corrected chi connectivity index (χ4v) is 3.89. The van der Waals surface area contributed by atoms with Crippen LogP contribution in [-0.4, -0.2) is 21.8 Å². The van der Waals surface area contributed by atoms with Crippen LogP contribution >= 0.6 is 11.6 Å². The third kappa shape index (κ3) is 1.80. The third-order valence-electron chi connectivity index (χ3n) is 4.63. The molecule has 2 bridgehead atoms. The SMILES string of the molecule is Cc1ccc2nc(C(C)Cl)n(C3CC4CCC3O4)c2c1. The lowest BCUT2D eigenvalue weighted by molar-refractivity contribution is 0.0939. The van der Waals surface area contributed by atoms with Crippen LogP contribution in [0.1, 0.15) is 49.0 Å². The Morgan fingerprint density at radius 3 is 2.90 bits per heavy atom. The first-order valence-corrected chi connectivity index (χ1v) is 7.85. The zero-order chi connectivity index (χ0) is 13.9. The van der Waals surface area contributed by atoms with Crippen molar-refractivity contribution in [2.75, 3.05) is 0 Å². The highest BCUT2D eigenvalue weighted by Gasteiger charge is 2.43. The lowest BCUT2D eigenvalue weighted by Gasteiger charge is -2.24. The summed E-state index contributed by atoms with van der Waals surface area (Å²) < 4.78 is 8.38. The van der Waals surface area contributed by atoms with E-state index < -0.39 is 0 Å². The number of aryl methyl sites for hydroxylation is 1. The average Bonchev–Trinajstić information content (AvgIpc) is 3.10. The van der Waals surface area contributed by atoms with Crippen molar-refractivity contribution in [3.63, 3.8) is 0 Å². The minimum absolute atomic E-state index is 0.0816. The quantitative estimate of drug-likeness (QED) is 0.777. The number of imidazole rings is 1. The highest BCUT2D eigenvalue weighted by atomic mass is 35.5. The number of ether oxygens (including phenoxy) is 1. The predicted octanol–water partition coefficient (Wildman–Crippen LogP) is 4.14. The van der Waals surface area contributed by atoms with Gasteiger partial charge in [-0.15, -0.1) is 11.6 Å². The van der Waals surface area contributed by atoms with Crippen LogP contribution < -0.4 is 0 Å². The van der Waals surface area contributed by atoms with Crippen molar-refractivity contribution in [1.29, 1.82) is 0 Å². The van der Waals surface area contributed by atoms with E-state index in [1.807, 2.05) is 6.92 Å². The minimum atomic E-state index is -0.0816. The number of hydrogen-bond donors (Lipinski definition) is 0. The average molecular weight is 291 g/mol. The second-order valence-corrected chi connectivity index (χ2v) is 6.78. The lowest BCUT2D eigenvalue weighted by atomic mass is 9.95. The first-order valence-electron chi connectivity index (χ1n) is 7.41. The van der Waals surface area contributed by atoms with Crippen molar-refractivity contribution in [1.82, 2.24) is 9.55 Å². The smallest absolute Gasteiger partial charge is 0.128 e. The van der Waals surface area contributed by atoms with Crippen LogP contribution in [0.4, 0.5) is 0 Å². The van der Waals surface area contributed by atoms with E-state index in [1.165, 1.54) is 17.5 Å². The summed E-state index contributed by atoms with van der Waals surface area (Å²) in [7, 11) is 0. The number of benzene rings is 1. The Morgan fingerprint density at radius 2 is 2.25 bits per heavy atom. The molecule has 3 heterocycles. The Labute approximate surface area is 123 Å². The molecule has 4 rings (SSSR count). The monoisotopic (exact) mass is 290 g/mol. The first kappa shape index (κ1) is 12.7. The molecule has 106 valence electrons. The van der Waals surface area contributed by atoms with Crippen molar-refractivity contribution in [3.8, 4) is 0 Å². The second-order valence-electron chi connectivity index (χ2n) is 6.13. The molecule has 3 nitrogen and oxygen atoms in total. The van der Waals surface area contributed by atoms with Gasteiger partial charge in [-0.2, -0.15) is 0 Å². The first-order chi connectivity index (χ1) is 9.63. The molecule has 2 aliphatic heterocycles. The summed E-state index contributed by atoms with van der Waals surface area (Å²) in [5, 5.41) is -0.0816. The molecule has 2 saturated heterocycles. The summed E-state index contributed by atoms with van der Waals surface area (Å²) in [5.74, 6) is 0.980. The fraction of sp³-hybridized carbons (Fsp3) is 0.562. The van der Waals surface area contributed by atoms with Crippen LogP contribution in [-0.2, 0) is 4.74 Å². The van der Waals surface area contributed by atoms with Gasteiger partial charge in [0.05, 0.1) is 34.7 Å². The van der Waals surface area contributed by atoms with Crippen molar-refractivity contribution in [3.05, 3.63) is 29.6 Å². The van der Waals surface area contributed by atoms with Crippen LogP contribution in [0.3, 0.4) is 0 Å². The molecule has 4 unspecified atom stereocenters. The van der Waals surface area contributed by atoms with Gasteiger partial charge in [0.15, 0.2) is 0 Å². The number of alkyl halides is 1. The molecular weight excluding hydrogens is 272 g/mol. The number of rotatable bonds is 2. The molecule has 0 radical (unpaired) electrons. The molecule has 1 aromatic heterocycles.